The number of aliphatic imine (C=N–C) groups is 2. The first kappa shape index (κ1) is 24.5. The van der Waals surface area contributed by atoms with E-state index in [0.29, 0.717) is 22.6 Å². The van der Waals surface area contributed by atoms with E-state index < -0.39 is 6.03 Å². The Kier molecular flexibility index (Phi) is 7.75. The van der Waals surface area contributed by atoms with Crippen molar-refractivity contribution in [2.24, 2.45) is 21.5 Å². The van der Waals surface area contributed by atoms with E-state index in [0.717, 1.165) is 10.8 Å². The molecule has 11 heteroatoms. The van der Waals surface area contributed by atoms with E-state index in [1.54, 1.807) is 54.6 Å². The van der Waals surface area contributed by atoms with Crippen molar-refractivity contribution in [2.45, 2.75) is 0 Å². The van der Waals surface area contributed by atoms with Gasteiger partial charge in [-0.1, -0.05) is 24.8 Å². The van der Waals surface area contributed by atoms with Crippen LogP contribution in [0.5, 0.6) is 0 Å². The Hall–Kier alpha value is -5.19. The SMILES string of the molecule is C=CC(=O)Nc1cccc2cc(NC(=O)N/C(N)=N\C(N)=Nc3ccc(C(=O)NC)cc3)ccc12. The first-order chi connectivity index (χ1) is 16.8. The number of fused-ring (bicyclic) bond motifs is 1. The van der Waals surface area contributed by atoms with Gasteiger partial charge in [-0.2, -0.15) is 4.99 Å². The van der Waals surface area contributed by atoms with Crippen LogP contribution in [-0.2, 0) is 4.79 Å². The van der Waals surface area contributed by atoms with Crippen molar-refractivity contribution < 1.29 is 14.4 Å². The van der Waals surface area contributed by atoms with Gasteiger partial charge in [0.05, 0.1) is 5.69 Å². The molecular weight excluding hydrogens is 448 g/mol. The van der Waals surface area contributed by atoms with Crippen molar-refractivity contribution in [1.29, 1.82) is 0 Å². The number of nitrogens with two attached hydrogens (primary N) is 2. The van der Waals surface area contributed by atoms with E-state index in [1.165, 1.54) is 13.1 Å². The number of nitrogens with zero attached hydrogens (tertiary/aromatic N) is 2. The van der Waals surface area contributed by atoms with Crippen molar-refractivity contribution in [2.75, 3.05) is 17.7 Å². The average molecular weight is 473 g/mol. The molecule has 11 nitrogen and oxygen atoms in total. The van der Waals surface area contributed by atoms with Gasteiger partial charge >= 0.3 is 6.03 Å². The number of carbonyl (C=O) groups excluding carboxylic acids is 3. The third kappa shape index (κ3) is 6.65. The second-order valence-electron chi connectivity index (χ2n) is 7.11. The van der Waals surface area contributed by atoms with Gasteiger partial charge in [-0.3, -0.25) is 14.9 Å². The fraction of sp³-hybridized carbons (Fsp3) is 0.0417. The number of anilines is 2. The number of hydrogen-bond acceptors (Lipinski definition) is 4. The summed E-state index contributed by atoms with van der Waals surface area (Å²) in [6.07, 6.45) is 1.19. The van der Waals surface area contributed by atoms with Gasteiger partial charge in [0.2, 0.25) is 17.8 Å². The monoisotopic (exact) mass is 472 g/mol. The van der Waals surface area contributed by atoms with E-state index in [-0.39, 0.29) is 23.7 Å². The zero-order chi connectivity index (χ0) is 25.4. The molecule has 35 heavy (non-hydrogen) atoms. The van der Waals surface area contributed by atoms with E-state index in [2.05, 4.69) is 37.8 Å². The van der Waals surface area contributed by atoms with Crippen molar-refractivity contribution in [3.63, 3.8) is 0 Å². The molecule has 4 amide bonds. The molecule has 0 fully saturated rings. The topological polar surface area (TPSA) is 176 Å². The normalized spacial score (nSPS) is 11.5. The summed E-state index contributed by atoms with van der Waals surface area (Å²) in [6.45, 7) is 3.44. The third-order valence-electron chi connectivity index (χ3n) is 4.66. The van der Waals surface area contributed by atoms with Crippen LogP contribution in [-0.4, -0.2) is 36.8 Å². The number of benzene rings is 3. The summed E-state index contributed by atoms with van der Waals surface area (Å²) in [7, 11) is 1.54. The zero-order valence-corrected chi connectivity index (χ0v) is 18.8. The molecule has 3 aromatic rings. The van der Waals surface area contributed by atoms with Gasteiger partial charge in [0.25, 0.3) is 5.91 Å². The molecule has 0 aromatic heterocycles. The van der Waals surface area contributed by atoms with E-state index in [4.69, 9.17) is 11.5 Å². The Balaban J connectivity index is 1.65. The molecule has 178 valence electrons. The maximum Gasteiger partial charge on any atom is 0.325 e. The number of guanidine groups is 2. The average Bonchev–Trinajstić information content (AvgIpc) is 2.83. The standard InChI is InChI=1S/C24H24N8O3/c1-3-20(33)30-19-6-4-5-15-13-17(11-12-18(15)19)29-24(35)32-23(26)31-22(25)28-16-9-7-14(8-10-16)21(34)27-2/h3-13H,1H2,2H3,(H,27,34)(H,30,33)(H6,25,26,28,29,31,32,35). The minimum absolute atomic E-state index is 0.185. The third-order valence-corrected chi connectivity index (χ3v) is 4.66. The summed E-state index contributed by atoms with van der Waals surface area (Å²) in [5, 5.41) is 11.9. The summed E-state index contributed by atoms with van der Waals surface area (Å²) in [4.78, 5) is 43.4. The van der Waals surface area contributed by atoms with Crippen LogP contribution in [0, 0.1) is 0 Å². The molecule has 0 bridgehead atoms. The molecule has 0 spiro atoms. The molecule has 0 saturated heterocycles. The first-order valence-corrected chi connectivity index (χ1v) is 10.3. The highest BCUT2D eigenvalue weighted by atomic mass is 16.2. The Morgan fingerprint density at radius 2 is 1.71 bits per heavy atom. The highest BCUT2D eigenvalue weighted by molar-refractivity contribution is 6.08. The number of nitrogens with one attached hydrogen (secondary N) is 4. The molecule has 0 atom stereocenters. The Bertz CT molecular complexity index is 1350. The van der Waals surface area contributed by atoms with Crippen LogP contribution in [0.2, 0.25) is 0 Å². The van der Waals surface area contributed by atoms with Gasteiger partial charge in [0.15, 0.2) is 0 Å². The Labute approximate surface area is 201 Å². The van der Waals surface area contributed by atoms with E-state index in [1.807, 2.05) is 6.07 Å². The maximum absolute atomic E-state index is 12.3. The zero-order valence-electron chi connectivity index (χ0n) is 18.8. The van der Waals surface area contributed by atoms with Crippen LogP contribution in [0.3, 0.4) is 0 Å². The number of urea groups is 1. The van der Waals surface area contributed by atoms with Gasteiger partial charge in [-0.15, -0.1) is 0 Å². The second kappa shape index (κ2) is 11.1. The number of rotatable bonds is 5. The van der Waals surface area contributed by atoms with Crippen LogP contribution in [0.4, 0.5) is 21.9 Å². The molecule has 0 aliphatic carbocycles. The largest absolute Gasteiger partial charge is 0.369 e. The van der Waals surface area contributed by atoms with Crippen molar-refractivity contribution in [3.8, 4) is 0 Å². The van der Waals surface area contributed by atoms with Gasteiger partial charge in [0.1, 0.15) is 0 Å². The van der Waals surface area contributed by atoms with Crippen molar-refractivity contribution in [1.82, 2.24) is 10.6 Å². The lowest BCUT2D eigenvalue weighted by atomic mass is 10.1. The predicted molar refractivity (Wildman–Crippen MR) is 138 cm³/mol. The highest BCUT2D eigenvalue weighted by Crippen LogP contribution is 2.26. The predicted octanol–water partition coefficient (Wildman–Crippen LogP) is 2.41. The fourth-order valence-corrected chi connectivity index (χ4v) is 3.07. The summed E-state index contributed by atoms with van der Waals surface area (Å²) in [5.74, 6) is -0.994. The Morgan fingerprint density at radius 1 is 0.971 bits per heavy atom. The Morgan fingerprint density at radius 3 is 2.40 bits per heavy atom. The van der Waals surface area contributed by atoms with Gasteiger partial charge in [-0.25, -0.2) is 9.79 Å². The van der Waals surface area contributed by atoms with Crippen LogP contribution in [0.1, 0.15) is 10.4 Å². The molecule has 0 aliphatic rings. The quantitative estimate of drug-likeness (QED) is 0.189. The smallest absolute Gasteiger partial charge is 0.325 e. The second-order valence-corrected chi connectivity index (χ2v) is 7.11. The van der Waals surface area contributed by atoms with Crippen molar-refractivity contribution >= 4 is 57.6 Å². The van der Waals surface area contributed by atoms with E-state index in [9.17, 15) is 14.4 Å². The molecule has 0 unspecified atom stereocenters. The lowest BCUT2D eigenvalue weighted by Gasteiger charge is -2.10. The highest BCUT2D eigenvalue weighted by Gasteiger charge is 2.08. The lowest BCUT2D eigenvalue weighted by molar-refractivity contribution is -0.111. The minimum atomic E-state index is -0.635. The number of amides is 4. The number of hydrogen-bond donors (Lipinski definition) is 6. The summed E-state index contributed by atoms with van der Waals surface area (Å²) in [5.41, 5.74) is 13.6. The van der Waals surface area contributed by atoms with Gasteiger partial charge in [0, 0.05) is 29.4 Å². The van der Waals surface area contributed by atoms with Gasteiger partial charge < -0.3 is 27.4 Å². The lowest BCUT2D eigenvalue weighted by Crippen LogP contribution is -2.40. The molecule has 3 aromatic carbocycles. The number of carbonyl (C=O) groups is 3. The fourth-order valence-electron chi connectivity index (χ4n) is 3.07. The molecular formula is C24H24N8O3. The van der Waals surface area contributed by atoms with Gasteiger partial charge in [-0.05, 0) is 53.9 Å². The molecule has 0 radical (unpaired) electrons. The van der Waals surface area contributed by atoms with Crippen LogP contribution >= 0.6 is 0 Å². The summed E-state index contributed by atoms with van der Waals surface area (Å²) in [6, 6.07) is 16.3. The molecule has 0 heterocycles. The summed E-state index contributed by atoms with van der Waals surface area (Å²) < 4.78 is 0. The minimum Gasteiger partial charge on any atom is -0.369 e. The van der Waals surface area contributed by atoms with Crippen LogP contribution in [0.25, 0.3) is 10.8 Å². The molecule has 3 rings (SSSR count). The molecule has 8 N–H and O–H groups in total. The van der Waals surface area contributed by atoms with Crippen molar-refractivity contribution in [3.05, 3.63) is 78.9 Å². The summed E-state index contributed by atoms with van der Waals surface area (Å²) >= 11 is 0. The van der Waals surface area contributed by atoms with Crippen LogP contribution in [0.15, 0.2) is 83.3 Å². The first-order valence-electron chi connectivity index (χ1n) is 10.3. The van der Waals surface area contributed by atoms with Crippen LogP contribution < -0.4 is 32.7 Å². The molecule has 0 aliphatic heterocycles. The molecule has 0 saturated carbocycles. The maximum atomic E-state index is 12.3. The van der Waals surface area contributed by atoms with E-state index >= 15 is 0 Å².